The molecule has 0 aromatic heterocycles. The summed E-state index contributed by atoms with van der Waals surface area (Å²) < 4.78 is 27.8. The smallest absolute Gasteiger partial charge is 0.272 e. The lowest BCUT2D eigenvalue weighted by Crippen LogP contribution is -2.45. The van der Waals surface area contributed by atoms with Crippen molar-refractivity contribution in [2.45, 2.75) is 36.5 Å². The molecule has 2 fully saturated rings. The van der Waals surface area contributed by atoms with Crippen molar-refractivity contribution in [2.24, 2.45) is 16.6 Å². The van der Waals surface area contributed by atoms with Gasteiger partial charge in [0.15, 0.2) is 16.8 Å². The van der Waals surface area contributed by atoms with Crippen LogP contribution in [0.2, 0.25) is 0 Å². The number of amidine groups is 1. The van der Waals surface area contributed by atoms with Gasteiger partial charge in [-0.2, -0.15) is 0 Å². The van der Waals surface area contributed by atoms with E-state index in [4.69, 9.17) is 5.73 Å². The third-order valence-corrected chi connectivity index (χ3v) is 7.03. The summed E-state index contributed by atoms with van der Waals surface area (Å²) in [5.74, 6) is -2.98. The van der Waals surface area contributed by atoms with Crippen LogP contribution in [0, 0.1) is 27.7 Å². The first kappa shape index (κ1) is 18.1. The lowest BCUT2D eigenvalue weighted by molar-refractivity contribution is -0.385. The molecule has 10 heteroatoms. The molecule has 0 unspecified atom stereocenters. The van der Waals surface area contributed by atoms with Gasteiger partial charge in [0.2, 0.25) is 5.91 Å². The number of likely N-dealkylation sites (tertiary alicyclic amines) is 1. The van der Waals surface area contributed by atoms with Crippen molar-refractivity contribution in [3.05, 3.63) is 39.4 Å². The number of rotatable bonds is 3. The monoisotopic (exact) mass is 396 g/mol. The second-order valence-corrected chi connectivity index (χ2v) is 8.74. The predicted molar refractivity (Wildman–Crippen MR) is 96.2 cm³/mol. The van der Waals surface area contributed by atoms with Crippen LogP contribution in [-0.4, -0.2) is 38.7 Å². The molecule has 4 rings (SSSR count). The van der Waals surface area contributed by atoms with Crippen LogP contribution in [-0.2, 0) is 10.3 Å². The molecule has 1 aliphatic carbocycles. The molecule has 0 radical (unpaired) electrons. The maximum Gasteiger partial charge on any atom is 0.272 e. The van der Waals surface area contributed by atoms with Crippen LogP contribution in [0.15, 0.2) is 17.1 Å². The molecule has 1 saturated carbocycles. The Bertz CT molecular complexity index is 889. The molecule has 3 aliphatic rings. The molecule has 1 aromatic carbocycles. The number of aliphatic imine (C=N–C) groups is 1. The third-order valence-electron chi connectivity index (χ3n) is 5.74. The van der Waals surface area contributed by atoms with Gasteiger partial charge in [-0.3, -0.25) is 19.9 Å². The zero-order valence-electron chi connectivity index (χ0n) is 14.6. The van der Waals surface area contributed by atoms with E-state index in [2.05, 4.69) is 4.99 Å². The molecule has 3 atom stereocenters. The first-order chi connectivity index (χ1) is 12.7. The van der Waals surface area contributed by atoms with Crippen molar-refractivity contribution in [3.63, 3.8) is 0 Å². The number of amides is 1. The molecular formula is C17H18F2N4O3S. The number of halogens is 2. The summed E-state index contributed by atoms with van der Waals surface area (Å²) in [5.41, 5.74) is 3.82. The molecule has 0 spiro atoms. The first-order valence-corrected chi connectivity index (χ1v) is 9.48. The van der Waals surface area contributed by atoms with E-state index < -0.39 is 38.4 Å². The van der Waals surface area contributed by atoms with Crippen molar-refractivity contribution in [1.29, 1.82) is 0 Å². The summed E-state index contributed by atoms with van der Waals surface area (Å²) in [4.78, 5) is 29.5. The van der Waals surface area contributed by atoms with E-state index >= 15 is 0 Å². The van der Waals surface area contributed by atoms with Gasteiger partial charge < -0.3 is 10.6 Å². The van der Waals surface area contributed by atoms with Gasteiger partial charge in [0.25, 0.3) is 5.69 Å². The van der Waals surface area contributed by atoms with E-state index in [0.717, 1.165) is 30.7 Å². The minimum atomic E-state index is -1.35. The fourth-order valence-corrected chi connectivity index (χ4v) is 5.74. The zero-order valence-corrected chi connectivity index (χ0v) is 15.4. The van der Waals surface area contributed by atoms with Crippen LogP contribution in [0.3, 0.4) is 0 Å². The summed E-state index contributed by atoms with van der Waals surface area (Å²) in [7, 11) is 0. The van der Waals surface area contributed by atoms with Gasteiger partial charge in [0, 0.05) is 30.6 Å². The quantitative estimate of drug-likeness (QED) is 0.625. The van der Waals surface area contributed by atoms with Crippen LogP contribution in [0.1, 0.15) is 31.7 Å². The number of thioether (sulfide) groups is 1. The number of carbonyl (C=O) groups excluding carboxylic acids is 1. The van der Waals surface area contributed by atoms with Crippen LogP contribution >= 0.6 is 11.8 Å². The highest BCUT2D eigenvalue weighted by Crippen LogP contribution is 2.66. The van der Waals surface area contributed by atoms with E-state index in [-0.39, 0.29) is 16.6 Å². The number of nitro groups is 1. The first-order valence-electron chi connectivity index (χ1n) is 8.66. The van der Waals surface area contributed by atoms with E-state index in [9.17, 15) is 23.7 Å². The fraction of sp³-hybridized carbons (Fsp3) is 0.529. The lowest BCUT2D eigenvalue weighted by Gasteiger charge is -2.35. The van der Waals surface area contributed by atoms with Gasteiger partial charge in [0.05, 0.1) is 16.5 Å². The van der Waals surface area contributed by atoms with E-state index in [1.165, 1.54) is 0 Å². The standard InChI is InChI=1S/C17H18F2N4O3S/c1-16(10-6-9(23(25)26)7-11(18)13(10)19)12-8-17(12,27-15(20)21-16)14(24)22-4-2-3-5-22/h6-7,12H,2-5,8H2,1H3,(H2,20,21)/t12-,16+,17+/m0/s1. The van der Waals surface area contributed by atoms with Gasteiger partial charge in [-0.25, -0.2) is 8.78 Å². The summed E-state index contributed by atoms with van der Waals surface area (Å²) in [6, 6.07) is 1.54. The summed E-state index contributed by atoms with van der Waals surface area (Å²) in [6.07, 6.45) is 2.28. The Morgan fingerprint density at radius 3 is 2.70 bits per heavy atom. The number of nitrogens with zero attached hydrogens (tertiary/aromatic N) is 3. The average molecular weight is 396 g/mol. The molecule has 2 heterocycles. The van der Waals surface area contributed by atoms with Crippen molar-refractivity contribution in [3.8, 4) is 0 Å². The molecule has 1 aromatic rings. The second kappa shape index (κ2) is 5.88. The van der Waals surface area contributed by atoms with E-state index in [1.807, 2.05) is 0 Å². The number of carbonyl (C=O) groups is 1. The third kappa shape index (κ3) is 2.60. The van der Waals surface area contributed by atoms with Crippen LogP contribution in [0.4, 0.5) is 14.5 Å². The Morgan fingerprint density at radius 1 is 1.41 bits per heavy atom. The average Bonchev–Trinajstić information content (AvgIpc) is 3.11. The van der Waals surface area contributed by atoms with Crippen LogP contribution in [0.5, 0.6) is 0 Å². The minimum absolute atomic E-state index is 0.0645. The molecule has 7 nitrogen and oxygen atoms in total. The number of hydrogen-bond donors (Lipinski definition) is 1. The highest BCUT2D eigenvalue weighted by atomic mass is 32.2. The minimum Gasteiger partial charge on any atom is -0.378 e. The number of nitro benzene ring substituents is 1. The SMILES string of the molecule is C[C@]1(c2cc([N+](=O)[O-])cc(F)c2F)N=C(N)S[C@]2(C(=O)N3CCCC3)C[C@H]21. The number of fused-ring (bicyclic) bond motifs is 1. The molecule has 2 aliphatic heterocycles. The van der Waals surface area contributed by atoms with E-state index in [1.54, 1.807) is 11.8 Å². The van der Waals surface area contributed by atoms with E-state index in [0.29, 0.717) is 25.6 Å². The Balaban J connectivity index is 1.79. The maximum absolute atomic E-state index is 14.6. The van der Waals surface area contributed by atoms with Crippen molar-refractivity contribution >= 4 is 28.5 Å². The van der Waals surface area contributed by atoms with Gasteiger partial charge in [-0.1, -0.05) is 11.8 Å². The van der Waals surface area contributed by atoms with Crippen molar-refractivity contribution < 1.29 is 18.5 Å². The molecular weight excluding hydrogens is 378 g/mol. The number of hydrogen-bond acceptors (Lipinski definition) is 6. The van der Waals surface area contributed by atoms with Crippen molar-refractivity contribution in [2.75, 3.05) is 13.1 Å². The Hall–Kier alpha value is -2.23. The Labute approximate surface area is 158 Å². The van der Waals surface area contributed by atoms with Gasteiger partial charge in [-0.05, 0) is 26.2 Å². The maximum atomic E-state index is 14.6. The van der Waals surface area contributed by atoms with Crippen molar-refractivity contribution in [1.82, 2.24) is 4.90 Å². The summed E-state index contributed by atoms with van der Waals surface area (Å²) in [6.45, 7) is 2.90. The summed E-state index contributed by atoms with van der Waals surface area (Å²) >= 11 is 1.16. The molecule has 2 N–H and O–H groups in total. The molecule has 27 heavy (non-hydrogen) atoms. The molecule has 0 bridgehead atoms. The number of non-ortho nitro benzene ring substituents is 1. The molecule has 144 valence electrons. The predicted octanol–water partition coefficient (Wildman–Crippen LogP) is 2.53. The highest BCUT2D eigenvalue weighted by Gasteiger charge is 2.71. The van der Waals surface area contributed by atoms with Gasteiger partial charge >= 0.3 is 0 Å². The number of nitrogens with two attached hydrogens (primary N) is 1. The summed E-state index contributed by atoms with van der Waals surface area (Å²) in [5, 5.41) is 11.2. The molecule has 1 saturated heterocycles. The lowest BCUT2D eigenvalue weighted by atomic mass is 9.85. The van der Waals surface area contributed by atoms with Crippen LogP contribution in [0.25, 0.3) is 0 Å². The normalized spacial score (nSPS) is 32.0. The zero-order chi connectivity index (χ0) is 19.6. The van der Waals surface area contributed by atoms with Gasteiger partial charge in [-0.15, -0.1) is 0 Å². The Morgan fingerprint density at radius 2 is 2.07 bits per heavy atom. The largest absolute Gasteiger partial charge is 0.378 e. The second-order valence-electron chi connectivity index (χ2n) is 7.39. The van der Waals surface area contributed by atoms with Crippen LogP contribution < -0.4 is 5.73 Å². The molecule has 1 amide bonds. The number of benzene rings is 1. The topological polar surface area (TPSA) is 102 Å². The fourth-order valence-electron chi connectivity index (χ4n) is 4.29. The van der Waals surface area contributed by atoms with Gasteiger partial charge in [0.1, 0.15) is 4.75 Å². The Kier molecular flexibility index (Phi) is 3.95. The highest BCUT2D eigenvalue weighted by molar-refractivity contribution is 8.15.